The quantitative estimate of drug-likeness (QED) is 0.849. The number of anilines is 1. The first-order chi connectivity index (χ1) is 9.99. The molecule has 0 saturated carbocycles. The summed E-state index contributed by atoms with van der Waals surface area (Å²) in [6, 6.07) is 4.44. The second-order valence-electron chi connectivity index (χ2n) is 4.65. The van der Waals surface area contributed by atoms with Gasteiger partial charge in [-0.2, -0.15) is 5.10 Å². The normalized spacial score (nSPS) is 12.0. The zero-order valence-corrected chi connectivity index (χ0v) is 11.8. The molecule has 1 atom stereocenters. The molecule has 1 unspecified atom stereocenters. The van der Waals surface area contributed by atoms with E-state index in [1.165, 1.54) is 17.9 Å². The van der Waals surface area contributed by atoms with Crippen LogP contribution < -0.4 is 15.8 Å². The summed E-state index contributed by atoms with van der Waals surface area (Å²) >= 11 is 0. The van der Waals surface area contributed by atoms with Crippen molar-refractivity contribution < 1.29 is 13.9 Å². The average Bonchev–Trinajstić information content (AvgIpc) is 2.84. The topological polar surface area (TPSA) is 82.2 Å². The summed E-state index contributed by atoms with van der Waals surface area (Å²) < 4.78 is 20.4. The van der Waals surface area contributed by atoms with Gasteiger partial charge in [-0.05, 0) is 13.0 Å². The maximum Gasteiger partial charge on any atom is 0.239 e. The number of amides is 1. The third-order valence-corrected chi connectivity index (χ3v) is 3.01. The Morgan fingerprint density at radius 3 is 2.95 bits per heavy atom. The van der Waals surface area contributed by atoms with Crippen molar-refractivity contribution >= 4 is 11.6 Å². The van der Waals surface area contributed by atoms with Crippen molar-refractivity contribution in [3.63, 3.8) is 0 Å². The number of nitrogens with one attached hydrogen (secondary N) is 1. The molecule has 2 aromatic rings. The Morgan fingerprint density at radius 1 is 1.57 bits per heavy atom. The molecule has 7 heteroatoms. The molecule has 1 heterocycles. The van der Waals surface area contributed by atoms with Gasteiger partial charge in [-0.3, -0.25) is 9.48 Å². The lowest BCUT2D eigenvalue weighted by Crippen LogP contribution is -2.18. The molecule has 1 amide bonds. The highest BCUT2D eigenvalue weighted by Crippen LogP contribution is 2.24. The van der Waals surface area contributed by atoms with Gasteiger partial charge in [0.25, 0.3) is 0 Å². The van der Waals surface area contributed by atoms with Gasteiger partial charge in [0.05, 0.1) is 25.0 Å². The Labute approximate surface area is 121 Å². The van der Waals surface area contributed by atoms with E-state index in [1.807, 2.05) is 6.92 Å². The van der Waals surface area contributed by atoms with Crippen molar-refractivity contribution in [1.82, 2.24) is 9.78 Å². The van der Waals surface area contributed by atoms with E-state index in [-0.39, 0.29) is 18.4 Å². The van der Waals surface area contributed by atoms with Gasteiger partial charge in [0.1, 0.15) is 18.1 Å². The zero-order valence-electron chi connectivity index (χ0n) is 11.8. The molecule has 0 radical (unpaired) electrons. The third kappa shape index (κ3) is 3.71. The smallest absolute Gasteiger partial charge is 0.239 e. The summed E-state index contributed by atoms with van der Waals surface area (Å²) in [5.41, 5.74) is 6.28. The standard InChI is InChI=1S/C14H17FN4O2/c1-9(12-4-3-11(21-2)5-13(12)15)18-10-6-17-19(7-10)8-14(16)20/h3-7,9,18H,8H2,1-2H3,(H2,16,20). The third-order valence-electron chi connectivity index (χ3n) is 3.01. The Balaban J connectivity index is 2.08. The van der Waals surface area contributed by atoms with Gasteiger partial charge in [0.2, 0.25) is 5.91 Å². The van der Waals surface area contributed by atoms with Crippen LogP contribution in [0.2, 0.25) is 0 Å². The van der Waals surface area contributed by atoms with E-state index in [1.54, 1.807) is 24.5 Å². The molecule has 3 N–H and O–H groups in total. The maximum absolute atomic E-state index is 14.0. The van der Waals surface area contributed by atoms with Crippen LogP contribution >= 0.6 is 0 Å². The fraction of sp³-hybridized carbons (Fsp3) is 0.286. The van der Waals surface area contributed by atoms with Crippen LogP contribution in [0, 0.1) is 5.82 Å². The molecule has 6 nitrogen and oxygen atoms in total. The summed E-state index contributed by atoms with van der Waals surface area (Å²) in [5.74, 6) is -0.351. The van der Waals surface area contributed by atoms with Crippen LogP contribution in [-0.4, -0.2) is 22.8 Å². The molecule has 1 aromatic carbocycles. The molecule has 0 aliphatic heterocycles. The van der Waals surface area contributed by atoms with E-state index in [2.05, 4.69) is 10.4 Å². The molecular weight excluding hydrogens is 275 g/mol. The fourth-order valence-corrected chi connectivity index (χ4v) is 2.00. The number of aromatic nitrogens is 2. The minimum Gasteiger partial charge on any atom is -0.497 e. The zero-order chi connectivity index (χ0) is 15.4. The first-order valence-electron chi connectivity index (χ1n) is 6.40. The lowest BCUT2D eigenvalue weighted by molar-refractivity contribution is -0.118. The second kappa shape index (κ2) is 6.25. The number of benzene rings is 1. The number of hydrogen-bond acceptors (Lipinski definition) is 4. The second-order valence-corrected chi connectivity index (χ2v) is 4.65. The summed E-state index contributed by atoms with van der Waals surface area (Å²) in [4.78, 5) is 10.8. The number of carbonyl (C=O) groups is 1. The molecule has 0 bridgehead atoms. The Bertz CT molecular complexity index is 642. The molecule has 0 aliphatic carbocycles. The summed E-state index contributed by atoms with van der Waals surface area (Å²) in [7, 11) is 1.49. The number of rotatable bonds is 6. The van der Waals surface area contributed by atoms with E-state index in [9.17, 15) is 9.18 Å². The van der Waals surface area contributed by atoms with Gasteiger partial charge in [0.15, 0.2) is 0 Å². The van der Waals surface area contributed by atoms with Crippen LogP contribution in [0.3, 0.4) is 0 Å². The number of nitrogens with two attached hydrogens (primary N) is 1. The number of halogens is 1. The van der Waals surface area contributed by atoms with Crippen LogP contribution in [-0.2, 0) is 11.3 Å². The number of nitrogens with zero attached hydrogens (tertiary/aromatic N) is 2. The molecule has 112 valence electrons. The highest BCUT2D eigenvalue weighted by Gasteiger charge is 2.12. The summed E-state index contributed by atoms with van der Waals surface area (Å²) in [6.07, 6.45) is 3.20. The van der Waals surface area contributed by atoms with E-state index >= 15 is 0 Å². The molecule has 0 saturated heterocycles. The number of primary amides is 1. The molecule has 0 spiro atoms. The van der Waals surface area contributed by atoms with Crippen molar-refractivity contribution in [1.29, 1.82) is 0 Å². The molecule has 0 aliphatic rings. The Kier molecular flexibility index (Phi) is 4.42. The van der Waals surface area contributed by atoms with E-state index in [0.29, 0.717) is 17.0 Å². The van der Waals surface area contributed by atoms with Gasteiger partial charge < -0.3 is 15.8 Å². The van der Waals surface area contributed by atoms with Gasteiger partial charge in [-0.1, -0.05) is 6.07 Å². The van der Waals surface area contributed by atoms with Crippen LogP contribution in [0.25, 0.3) is 0 Å². The monoisotopic (exact) mass is 292 g/mol. The molecule has 0 fully saturated rings. The Morgan fingerprint density at radius 2 is 2.33 bits per heavy atom. The van der Waals surface area contributed by atoms with E-state index in [0.717, 1.165) is 0 Å². The van der Waals surface area contributed by atoms with Gasteiger partial charge in [0, 0.05) is 17.8 Å². The van der Waals surface area contributed by atoms with Gasteiger partial charge in [-0.15, -0.1) is 0 Å². The highest BCUT2D eigenvalue weighted by atomic mass is 19.1. The van der Waals surface area contributed by atoms with Crippen molar-refractivity contribution in [2.24, 2.45) is 5.73 Å². The lowest BCUT2D eigenvalue weighted by Gasteiger charge is -2.15. The van der Waals surface area contributed by atoms with Crippen molar-refractivity contribution in [2.45, 2.75) is 19.5 Å². The summed E-state index contributed by atoms with van der Waals surface area (Å²) in [5, 5.41) is 7.11. The predicted octanol–water partition coefficient (Wildman–Crippen LogP) is 1.69. The van der Waals surface area contributed by atoms with Crippen LogP contribution in [0.5, 0.6) is 5.75 Å². The number of ether oxygens (including phenoxy) is 1. The van der Waals surface area contributed by atoms with Crippen molar-refractivity contribution in [3.8, 4) is 5.75 Å². The lowest BCUT2D eigenvalue weighted by atomic mass is 10.1. The average molecular weight is 292 g/mol. The fourth-order valence-electron chi connectivity index (χ4n) is 2.00. The highest BCUT2D eigenvalue weighted by molar-refractivity contribution is 5.73. The van der Waals surface area contributed by atoms with Crippen molar-refractivity contribution in [2.75, 3.05) is 12.4 Å². The van der Waals surface area contributed by atoms with Crippen LogP contribution in [0.4, 0.5) is 10.1 Å². The molecule has 21 heavy (non-hydrogen) atoms. The largest absolute Gasteiger partial charge is 0.497 e. The predicted molar refractivity (Wildman–Crippen MR) is 76.4 cm³/mol. The van der Waals surface area contributed by atoms with Gasteiger partial charge >= 0.3 is 0 Å². The van der Waals surface area contributed by atoms with Crippen molar-refractivity contribution in [3.05, 3.63) is 42.0 Å². The molecular formula is C14H17FN4O2. The number of carbonyl (C=O) groups excluding carboxylic acids is 1. The van der Waals surface area contributed by atoms with E-state index < -0.39 is 5.91 Å². The number of methoxy groups -OCH3 is 1. The molecule has 1 aromatic heterocycles. The van der Waals surface area contributed by atoms with Crippen LogP contribution in [0.15, 0.2) is 30.6 Å². The minimum atomic E-state index is -0.473. The SMILES string of the molecule is COc1ccc(C(C)Nc2cnn(CC(N)=O)c2)c(F)c1. The minimum absolute atomic E-state index is 0.00690. The first kappa shape index (κ1) is 14.8. The first-order valence-corrected chi connectivity index (χ1v) is 6.40. The Hall–Kier alpha value is -2.57. The van der Waals surface area contributed by atoms with E-state index in [4.69, 9.17) is 10.5 Å². The van der Waals surface area contributed by atoms with Gasteiger partial charge in [-0.25, -0.2) is 4.39 Å². The summed E-state index contributed by atoms with van der Waals surface area (Å²) in [6.45, 7) is 1.84. The number of hydrogen-bond donors (Lipinski definition) is 2. The molecule has 2 rings (SSSR count). The van der Waals surface area contributed by atoms with Crippen LogP contribution in [0.1, 0.15) is 18.5 Å². The maximum atomic E-state index is 14.0.